The molecule has 0 unspecified atom stereocenters. The van der Waals surface area contributed by atoms with Crippen molar-refractivity contribution in [3.63, 3.8) is 0 Å². The van der Waals surface area contributed by atoms with E-state index in [2.05, 4.69) is 19.5 Å². The first-order valence-electron chi connectivity index (χ1n) is 10.2. The predicted octanol–water partition coefficient (Wildman–Crippen LogP) is 5.90. The molecule has 0 N–H and O–H groups in total. The second-order valence-corrected chi connectivity index (χ2v) is 8.14. The highest BCUT2D eigenvalue weighted by atomic mass is 19.3. The minimum Gasteiger partial charge on any atom is -0.428 e. The van der Waals surface area contributed by atoms with Crippen LogP contribution < -0.4 is 9.47 Å². The molecule has 0 aliphatic rings. The molecule has 200 valence electrons. The Morgan fingerprint density at radius 2 is 0.919 bits per heavy atom. The van der Waals surface area contributed by atoms with Gasteiger partial charge in [-0.1, -0.05) is 38.1 Å². The zero-order chi connectivity index (χ0) is 28.1. The molecule has 2 rings (SSSR count). The Morgan fingerprint density at radius 3 is 1.19 bits per heavy atom. The van der Waals surface area contributed by atoms with Crippen LogP contribution in [0.15, 0.2) is 58.5 Å². The van der Waals surface area contributed by atoms with Gasteiger partial charge in [-0.2, -0.15) is 45.1 Å². The lowest BCUT2D eigenvalue weighted by Crippen LogP contribution is -2.47. The van der Waals surface area contributed by atoms with Crippen LogP contribution in [0.3, 0.4) is 0 Å². The van der Waals surface area contributed by atoms with Crippen molar-refractivity contribution in [1.29, 1.82) is 0 Å². The zero-order valence-electron chi connectivity index (χ0n) is 19.1. The predicted molar refractivity (Wildman–Crippen MR) is 112 cm³/mol. The molecule has 0 heterocycles. The van der Waals surface area contributed by atoms with Gasteiger partial charge in [-0.15, -0.1) is 0 Å². The quantitative estimate of drug-likeness (QED) is 0.192. The van der Waals surface area contributed by atoms with Gasteiger partial charge in [0, 0.05) is 5.41 Å². The van der Waals surface area contributed by atoms with E-state index in [1.54, 1.807) is 13.8 Å². The number of halogens is 8. The maximum absolute atomic E-state index is 13.8. The van der Waals surface area contributed by atoms with E-state index in [1.165, 1.54) is 24.3 Å². The molecule has 0 atom stereocenters. The highest BCUT2D eigenvalue weighted by Gasteiger charge is 2.60. The number of hydrogen-bond acceptors (Lipinski definition) is 6. The summed E-state index contributed by atoms with van der Waals surface area (Å²) in [6.07, 6.45) is -8.50. The highest BCUT2D eigenvalue weighted by Crippen LogP contribution is 2.40. The molecule has 0 aliphatic heterocycles. The molecule has 6 nitrogen and oxygen atoms in total. The summed E-state index contributed by atoms with van der Waals surface area (Å²) in [5.41, 5.74) is 0.00307. The lowest BCUT2D eigenvalue weighted by molar-refractivity contribution is -0.304. The lowest BCUT2D eigenvalue weighted by atomic mass is 9.78. The molecule has 0 saturated heterocycles. The van der Waals surface area contributed by atoms with Gasteiger partial charge in [0.25, 0.3) is 0 Å². The molecular formula is C23H18F8N2O4. The Hall–Kier alpha value is -3.76. The van der Waals surface area contributed by atoms with Crippen LogP contribution in [-0.4, -0.2) is 49.3 Å². The van der Waals surface area contributed by atoms with E-state index in [4.69, 9.17) is 0 Å². The van der Waals surface area contributed by atoms with Gasteiger partial charge in [-0.05, 0) is 35.4 Å². The number of hydrogen-bond donors (Lipinski definition) is 0. The van der Waals surface area contributed by atoms with Crippen molar-refractivity contribution in [2.24, 2.45) is 9.98 Å². The smallest absolute Gasteiger partial charge is 0.428 e. The normalized spacial score (nSPS) is 12.8. The zero-order valence-corrected chi connectivity index (χ0v) is 19.1. The standard InChI is InChI=1S/C23H18F8N2O4/c1-19(2,15-3-7-17(8-4-15)36-22(28,29)20(24,25)11-32-13-34)16-5-9-18(10-6-16)37-23(30,31)21(26,27)12-33-14-35/h3-10H,11-12H2,1-2H3. The van der Waals surface area contributed by atoms with E-state index in [1.807, 2.05) is 0 Å². The molecule has 0 radical (unpaired) electrons. The molecular weight excluding hydrogens is 520 g/mol. The van der Waals surface area contributed by atoms with Crippen LogP contribution in [-0.2, 0) is 15.0 Å². The van der Waals surface area contributed by atoms with Crippen LogP contribution >= 0.6 is 0 Å². The largest absolute Gasteiger partial charge is 0.466 e. The molecule has 0 amide bonds. The third-order valence-electron chi connectivity index (χ3n) is 5.18. The summed E-state index contributed by atoms with van der Waals surface area (Å²) in [6, 6.07) is 9.13. The number of nitrogens with zero attached hydrogens (tertiary/aromatic N) is 2. The number of isocyanates is 2. The summed E-state index contributed by atoms with van der Waals surface area (Å²) in [5, 5.41) is 0. The maximum Gasteiger partial charge on any atom is 0.466 e. The van der Waals surface area contributed by atoms with E-state index in [-0.39, 0.29) is 0 Å². The second-order valence-electron chi connectivity index (χ2n) is 8.14. The first-order valence-corrected chi connectivity index (χ1v) is 10.2. The van der Waals surface area contributed by atoms with Gasteiger partial charge in [0.05, 0.1) is 0 Å². The van der Waals surface area contributed by atoms with Gasteiger partial charge in [0.1, 0.15) is 24.6 Å². The minimum atomic E-state index is -4.99. The fraction of sp³-hybridized carbons (Fsp3) is 0.391. The van der Waals surface area contributed by atoms with E-state index in [9.17, 15) is 44.7 Å². The number of carbonyl (C=O) groups excluding carboxylic acids is 2. The number of rotatable bonds is 12. The van der Waals surface area contributed by atoms with Crippen LogP contribution in [0.25, 0.3) is 0 Å². The monoisotopic (exact) mass is 538 g/mol. The second kappa shape index (κ2) is 10.7. The summed E-state index contributed by atoms with van der Waals surface area (Å²) in [7, 11) is 0. The summed E-state index contributed by atoms with van der Waals surface area (Å²) in [5.74, 6) is -10.8. The van der Waals surface area contributed by atoms with E-state index >= 15 is 0 Å². The van der Waals surface area contributed by atoms with Crippen molar-refractivity contribution in [3.8, 4) is 11.5 Å². The Balaban J connectivity index is 2.19. The summed E-state index contributed by atoms with van der Waals surface area (Å²) in [6.45, 7) is -0.354. The number of alkyl halides is 8. The Morgan fingerprint density at radius 1 is 0.622 bits per heavy atom. The van der Waals surface area contributed by atoms with Gasteiger partial charge >= 0.3 is 24.1 Å². The maximum atomic E-state index is 13.8. The van der Waals surface area contributed by atoms with Gasteiger partial charge < -0.3 is 9.47 Å². The fourth-order valence-electron chi connectivity index (χ4n) is 2.94. The third-order valence-corrected chi connectivity index (χ3v) is 5.18. The van der Waals surface area contributed by atoms with Crippen LogP contribution in [0, 0.1) is 0 Å². The van der Waals surface area contributed by atoms with Crippen LogP contribution in [0.1, 0.15) is 25.0 Å². The molecule has 37 heavy (non-hydrogen) atoms. The molecule has 14 heteroatoms. The highest BCUT2D eigenvalue weighted by molar-refractivity contribution is 5.42. The van der Waals surface area contributed by atoms with Crippen molar-refractivity contribution in [1.82, 2.24) is 0 Å². The number of aliphatic imine (C=N–C) groups is 2. The Labute approximate surface area is 204 Å². The summed E-state index contributed by atoms with van der Waals surface area (Å²) < 4.78 is 118. The number of benzene rings is 2. The molecule has 2 aromatic carbocycles. The van der Waals surface area contributed by atoms with Crippen molar-refractivity contribution in [2.45, 2.75) is 43.3 Å². The summed E-state index contributed by atoms with van der Waals surface area (Å²) in [4.78, 5) is 24.8. The molecule has 2 aromatic rings. The SMILES string of the molecule is CC(C)(c1ccc(OC(F)(F)C(F)(F)CN=C=O)cc1)c1ccc(OC(F)(F)C(F)(F)CN=C=O)cc1. The molecule has 0 bridgehead atoms. The molecule has 0 spiro atoms. The van der Waals surface area contributed by atoms with E-state index in [0.29, 0.717) is 11.1 Å². The number of ether oxygens (including phenoxy) is 2. The lowest BCUT2D eigenvalue weighted by Gasteiger charge is -2.28. The first-order chi connectivity index (χ1) is 17.0. The van der Waals surface area contributed by atoms with Crippen molar-refractivity contribution in [3.05, 3.63) is 59.7 Å². The third kappa shape index (κ3) is 6.72. The summed E-state index contributed by atoms with van der Waals surface area (Å²) >= 11 is 0. The van der Waals surface area contributed by atoms with E-state index in [0.717, 1.165) is 36.4 Å². The van der Waals surface area contributed by atoms with Gasteiger partial charge in [0.2, 0.25) is 12.2 Å². The molecule has 0 aromatic heterocycles. The van der Waals surface area contributed by atoms with Crippen LogP contribution in [0.5, 0.6) is 11.5 Å². The van der Waals surface area contributed by atoms with Crippen LogP contribution in [0.4, 0.5) is 35.1 Å². The van der Waals surface area contributed by atoms with Crippen LogP contribution in [0.2, 0.25) is 0 Å². The fourth-order valence-corrected chi connectivity index (χ4v) is 2.94. The van der Waals surface area contributed by atoms with Gasteiger partial charge in [-0.3, -0.25) is 0 Å². The van der Waals surface area contributed by atoms with E-state index < -0.39 is 54.1 Å². The van der Waals surface area contributed by atoms with Gasteiger partial charge in [0.15, 0.2) is 0 Å². The molecule has 0 fully saturated rings. The Bertz CT molecular complexity index is 1080. The van der Waals surface area contributed by atoms with Crippen molar-refractivity contribution in [2.75, 3.05) is 13.1 Å². The minimum absolute atomic E-state index is 0.456. The van der Waals surface area contributed by atoms with Crippen molar-refractivity contribution >= 4 is 12.2 Å². The average molecular weight is 538 g/mol. The molecule has 0 saturated carbocycles. The molecule has 0 aliphatic carbocycles. The first kappa shape index (κ1) is 29.5. The van der Waals surface area contributed by atoms with Gasteiger partial charge in [-0.25, -0.2) is 9.59 Å². The average Bonchev–Trinajstić information content (AvgIpc) is 2.81. The topological polar surface area (TPSA) is 77.3 Å². The Kier molecular flexibility index (Phi) is 8.52. The van der Waals surface area contributed by atoms with Crippen molar-refractivity contribution < 1.29 is 54.2 Å².